The van der Waals surface area contributed by atoms with Crippen molar-refractivity contribution in [2.75, 3.05) is 17.8 Å². The molecule has 0 aromatic heterocycles. The highest BCUT2D eigenvalue weighted by atomic mass is 32.2. The minimum atomic E-state index is -3.22. The van der Waals surface area contributed by atoms with Gasteiger partial charge in [0.25, 0.3) is 5.91 Å². The predicted octanol–water partition coefficient (Wildman–Crippen LogP) is 3.03. The number of sulfone groups is 1. The Morgan fingerprint density at radius 2 is 1.64 bits per heavy atom. The molecule has 0 aliphatic carbocycles. The van der Waals surface area contributed by atoms with Crippen LogP contribution in [0.25, 0.3) is 11.1 Å². The first-order chi connectivity index (χ1) is 11.8. The number of hydrogen-bond acceptors (Lipinski definition) is 4. The molecule has 0 fully saturated rings. The summed E-state index contributed by atoms with van der Waals surface area (Å²) in [6.45, 7) is 4.42. The lowest BCUT2D eigenvalue weighted by atomic mass is 10.0. The van der Waals surface area contributed by atoms with Crippen LogP contribution in [0.4, 0.5) is 5.69 Å². The van der Waals surface area contributed by atoms with Gasteiger partial charge in [0, 0.05) is 17.9 Å². The molecular weight excluding hydrogens is 338 g/mol. The zero-order valence-corrected chi connectivity index (χ0v) is 15.3. The van der Waals surface area contributed by atoms with E-state index < -0.39 is 9.84 Å². The smallest absolute Gasteiger partial charge is 0.253 e. The Bertz CT molecular complexity index is 902. The van der Waals surface area contributed by atoms with Crippen molar-refractivity contribution in [1.82, 2.24) is 0 Å². The molecule has 0 atom stereocenters. The first-order valence-electron chi connectivity index (χ1n) is 8.10. The Morgan fingerprint density at radius 3 is 2.24 bits per heavy atom. The van der Waals surface area contributed by atoms with E-state index in [9.17, 15) is 13.2 Å². The molecule has 1 amide bonds. The van der Waals surface area contributed by atoms with Gasteiger partial charge in [0.15, 0.2) is 9.84 Å². The summed E-state index contributed by atoms with van der Waals surface area (Å²) >= 11 is 0. The van der Waals surface area contributed by atoms with Gasteiger partial charge in [-0.25, -0.2) is 8.42 Å². The summed E-state index contributed by atoms with van der Waals surface area (Å²) in [5, 5.41) is 0. The molecule has 1 aliphatic rings. The normalized spacial score (nSPS) is 15.2. The van der Waals surface area contributed by atoms with E-state index in [1.807, 2.05) is 32.0 Å². The second kappa shape index (κ2) is 6.61. The number of carbonyl (C=O) groups excluding carboxylic acids is 1. The highest BCUT2D eigenvalue weighted by Crippen LogP contribution is 2.32. The van der Waals surface area contributed by atoms with Crippen LogP contribution >= 0.6 is 0 Å². The van der Waals surface area contributed by atoms with Crippen molar-refractivity contribution in [1.29, 1.82) is 0 Å². The topological polar surface area (TPSA) is 63.7 Å². The Hall–Kier alpha value is -2.18. The summed E-state index contributed by atoms with van der Waals surface area (Å²) in [6.07, 6.45) is 1.19. The van der Waals surface area contributed by atoms with Gasteiger partial charge < -0.3 is 9.64 Å². The van der Waals surface area contributed by atoms with Crippen molar-refractivity contribution >= 4 is 21.4 Å². The fourth-order valence-corrected chi connectivity index (χ4v) is 3.63. The molecule has 2 aromatic carbocycles. The highest BCUT2D eigenvalue weighted by molar-refractivity contribution is 7.90. The molecule has 0 N–H and O–H groups in total. The van der Waals surface area contributed by atoms with Crippen LogP contribution in [0.5, 0.6) is 0 Å². The Balaban J connectivity index is 2.05. The molecular formula is C19H21NO4S. The van der Waals surface area contributed by atoms with Crippen LogP contribution in [-0.2, 0) is 26.0 Å². The van der Waals surface area contributed by atoms with E-state index in [0.29, 0.717) is 11.5 Å². The van der Waals surface area contributed by atoms with E-state index in [2.05, 4.69) is 0 Å². The number of nitrogens with zero attached hydrogens (tertiary/aromatic N) is 1. The van der Waals surface area contributed by atoms with E-state index in [4.69, 9.17) is 4.74 Å². The lowest BCUT2D eigenvalue weighted by Gasteiger charge is -2.27. The molecule has 0 saturated heterocycles. The maximum absolute atomic E-state index is 12.4. The van der Waals surface area contributed by atoms with E-state index in [0.717, 1.165) is 22.4 Å². The van der Waals surface area contributed by atoms with Gasteiger partial charge in [-0.15, -0.1) is 0 Å². The first kappa shape index (κ1) is 17.6. The van der Waals surface area contributed by atoms with Crippen LogP contribution in [0.15, 0.2) is 47.4 Å². The molecule has 2 aromatic rings. The van der Waals surface area contributed by atoms with E-state index >= 15 is 0 Å². The molecule has 0 bridgehead atoms. The Kier molecular flexibility index (Phi) is 4.67. The van der Waals surface area contributed by atoms with E-state index in [1.165, 1.54) is 6.26 Å². The summed E-state index contributed by atoms with van der Waals surface area (Å²) in [4.78, 5) is 14.4. The van der Waals surface area contributed by atoms with Crippen LogP contribution in [0.2, 0.25) is 0 Å². The number of rotatable bonds is 3. The minimum Gasteiger partial charge on any atom is -0.367 e. The lowest BCUT2D eigenvalue weighted by Crippen LogP contribution is -2.38. The third-order valence-electron chi connectivity index (χ3n) is 4.23. The van der Waals surface area contributed by atoms with Crippen LogP contribution in [0.3, 0.4) is 0 Å². The van der Waals surface area contributed by atoms with Gasteiger partial charge in [-0.3, -0.25) is 4.79 Å². The van der Waals surface area contributed by atoms with Crippen LogP contribution in [0, 0.1) is 0 Å². The number of hydrogen-bond donors (Lipinski definition) is 0. The Labute approximate surface area is 148 Å². The predicted molar refractivity (Wildman–Crippen MR) is 97.3 cm³/mol. The summed E-state index contributed by atoms with van der Waals surface area (Å²) < 4.78 is 28.7. The van der Waals surface area contributed by atoms with Gasteiger partial charge in [0.05, 0.1) is 17.2 Å². The number of benzene rings is 2. The second-order valence-corrected chi connectivity index (χ2v) is 8.51. The molecule has 3 rings (SSSR count). The van der Waals surface area contributed by atoms with Crippen molar-refractivity contribution in [3.05, 3.63) is 48.0 Å². The average molecular weight is 359 g/mol. The number of fused-ring (bicyclic) bond motifs is 1. The first-order valence-corrected chi connectivity index (χ1v) is 10.00. The van der Waals surface area contributed by atoms with Gasteiger partial charge in [0.2, 0.25) is 0 Å². The molecule has 6 heteroatoms. The molecule has 1 aliphatic heterocycles. The SMILES string of the molecule is CC(C)N1C(=O)COCc2ccc(-c3ccc(S(C)(=O)=O)cc3)cc21. The van der Waals surface area contributed by atoms with E-state index in [-0.39, 0.29) is 18.6 Å². The zero-order chi connectivity index (χ0) is 18.2. The number of ether oxygens (including phenoxy) is 1. The molecule has 0 unspecified atom stereocenters. The summed E-state index contributed by atoms with van der Waals surface area (Å²) in [5.41, 5.74) is 3.65. The summed E-state index contributed by atoms with van der Waals surface area (Å²) in [5.74, 6) is -0.0571. The van der Waals surface area contributed by atoms with Gasteiger partial charge in [0.1, 0.15) is 6.61 Å². The molecule has 0 spiro atoms. The van der Waals surface area contributed by atoms with Crippen LogP contribution in [0.1, 0.15) is 19.4 Å². The maximum Gasteiger partial charge on any atom is 0.253 e. The van der Waals surface area contributed by atoms with Gasteiger partial charge in [-0.05, 0) is 43.2 Å². The molecule has 1 heterocycles. The van der Waals surface area contributed by atoms with Crippen molar-refractivity contribution in [2.24, 2.45) is 0 Å². The van der Waals surface area contributed by atoms with E-state index in [1.54, 1.807) is 29.2 Å². The van der Waals surface area contributed by atoms with Gasteiger partial charge in [-0.1, -0.05) is 24.3 Å². The molecule has 0 saturated carbocycles. The maximum atomic E-state index is 12.4. The molecule has 132 valence electrons. The van der Waals surface area contributed by atoms with Crippen LogP contribution < -0.4 is 4.90 Å². The van der Waals surface area contributed by atoms with Crippen LogP contribution in [-0.4, -0.2) is 33.2 Å². The fraction of sp³-hybridized carbons (Fsp3) is 0.316. The molecule has 0 radical (unpaired) electrons. The lowest BCUT2D eigenvalue weighted by molar-refractivity contribution is -0.123. The fourth-order valence-electron chi connectivity index (χ4n) is 3.00. The largest absolute Gasteiger partial charge is 0.367 e. The van der Waals surface area contributed by atoms with Gasteiger partial charge in [-0.2, -0.15) is 0 Å². The summed E-state index contributed by atoms with van der Waals surface area (Å²) in [7, 11) is -3.22. The van der Waals surface area contributed by atoms with Crippen molar-refractivity contribution in [3.8, 4) is 11.1 Å². The molecule has 25 heavy (non-hydrogen) atoms. The van der Waals surface area contributed by atoms with Crippen molar-refractivity contribution in [2.45, 2.75) is 31.4 Å². The quantitative estimate of drug-likeness (QED) is 0.845. The second-order valence-electron chi connectivity index (χ2n) is 6.49. The zero-order valence-electron chi connectivity index (χ0n) is 14.5. The monoisotopic (exact) mass is 359 g/mol. The standard InChI is InChI=1S/C19H21NO4S/c1-13(2)20-18-10-15(4-5-16(18)11-24-12-19(20)21)14-6-8-17(9-7-14)25(3,22)23/h4-10,13H,11-12H2,1-3H3. The summed E-state index contributed by atoms with van der Waals surface area (Å²) in [6, 6.07) is 12.7. The third kappa shape index (κ3) is 3.60. The Morgan fingerprint density at radius 1 is 1.00 bits per heavy atom. The van der Waals surface area contributed by atoms with Crippen molar-refractivity contribution in [3.63, 3.8) is 0 Å². The number of amides is 1. The number of anilines is 1. The molecule has 5 nitrogen and oxygen atoms in total. The average Bonchev–Trinajstić information content (AvgIpc) is 2.71. The van der Waals surface area contributed by atoms with Gasteiger partial charge >= 0.3 is 0 Å². The number of carbonyl (C=O) groups is 1. The highest BCUT2D eigenvalue weighted by Gasteiger charge is 2.25. The van der Waals surface area contributed by atoms with Crippen molar-refractivity contribution < 1.29 is 17.9 Å². The minimum absolute atomic E-state index is 0.0239. The third-order valence-corrected chi connectivity index (χ3v) is 5.36.